The van der Waals surface area contributed by atoms with Crippen molar-refractivity contribution in [3.05, 3.63) is 27.7 Å². The number of aromatic nitrogens is 1. The first-order valence-corrected chi connectivity index (χ1v) is 22.2. The predicted octanol–water partition coefficient (Wildman–Crippen LogP) is 7.34. The number of carboxylic acids is 1. The van der Waals surface area contributed by atoms with Crippen LogP contribution in [0.4, 0.5) is 0 Å². The molecule has 11 heteroatoms. The molecule has 56 heavy (non-hydrogen) atoms. The van der Waals surface area contributed by atoms with Crippen molar-refractivity contribution in [2.75, 3.05) is 33.7 Å². The third-order valence-corrected chi connectivity index (χ3v) is 17.7. The van der Waals surface area contributed by atoms with E-state index in [0.29, 0.717) is 31.3 Å². The number of Topliss-reactive ketones (excluding diaryl/α,β-unsaturated/α-hetero) is 1. The van der Waals surface area contributed by atoms with Gasteiger partial charge in [-0.05, 0) is 124 Å². The van der Waals surface area contributed by atoms with E-state index >= 15 is 0 Å². The van der Waals surface area contributed by atoms with Gasteiger partial charge in [-0.25, -0.2) is 0 Å². The van der Waals surface area contributed by atoms with Crippen LogP contribution in [0.15, 0.2) is 22.9 Å². The molecule has 0 amide bonds. The highest BCUT2D eigenvalue weighted by atomic mass is 32.1. The molecular formula is C45H72N4O6S. The van der Waals surface area contributed by atoms with E-state index in [4.69, 9.17) is 10.5 Å². The second-order valence-electron chi connectivity index (χ2n) is 21.3. The lowest BCUT2D eigenvalue weighted by Gasteiger charge is -2.74. The van der Waals surface area contributed by atoms with Crippen molar-refractivity contribution in [3.8, 4) is 0 Å². The van der Waals surface area contributed by atoms with Crippen molar-refractivity contribution in [1.29, 1.82) is 0 Å². The molecule has 4 fully saturated rings. The number of aliphatic hydroxyl groups excluding tert-OH is 1. The van der Waals surface area contributed by atoms with Crippen molar-refractivity contribution in [1.82, 2.24) is 14.8 Å². The summed E-state index contributed by atoms with van der Waals surface area (Å²) >= 11 is 1.63. The molecule has 4 saturated carbocycles. The Balaban J connectivity index is 1.32. The zero-order valence-corrected chi connectivity index (χ0v) is 37.1. The molecule has 9 atom stereocenters. The number of carbonyl (C=O) groups is 3. The van der Waals surface area contributed by atoms with Gasteiger partial charge in [-0.1, -0.05) is 48.5 Å². The van der Waals surface area contributed by atoms with E-state index in [1.165, 1.54) is 0 Å². The van der Waals surface area contributed by atoms with E-state index in [0.717, 1.165) is 80.5 Å². The number of esters is 1. The fourth-order valence-electron chi connectivity index (χ4n) is 13.6. The normalized spacial score (nSPS) is 37.3. The Morgan fingerprint density at radius 2 is 1.70 bits per heavy atom. The molecule has 5 aliphatic rings. The van der Waals surface area contributed by atoms with E-state index in [2.05, 4.69) is 77.3 Å². The number of likely N-dealkylation sites (N-methyl/N-ethyl adjacent to an activating group) is 1. The number of rotatable bonds is 13. The van der Waals surface area contributed by atoms with Gasteiger partial charge in [0.25, 0.3) is 0 Å². The van der Waals surface area contributed by atoms with Crippen molar-refractivity contribution >= 4 is 29.1 Å². The Labute approximate surface area is 340 Å². The number of allylic oxidation sites excluding steroid dienone is 1. The molecule has 0 aromatic carbocycles. The van der Waals surface area contributed by atoms with Crippen LogP contribution in [0.2, 0.25) is 0 Å². The molecule has 0 aliphatic heterocycles. The molecule has 1 heterocycles. The van der Waals surface area contributed by atoms with Gasteiger partial charge in [0, 0.05) is 60.0 Å². The number of ketones is 1. The van der Waals surface area contributed by atoms with Gasteiger partial charge in [0.1, 0.15) is 6.10 Å². The molecule has 10 nitrogen and oxygen atoms in total. The molecule has 0 radical (unpaired) electrons. The minimum absolute atomic E-state index is 0.00929. The highest BCUT2D eigenvalue weighted by molar-refractivity contribution is 7.09. The summed E-state index contributed by atoms with van der Waals surface area (Å²) in [6.07, 6.45) is 8.03. The van der Waals surface area contributed by atoms with Gasteiger partial charge in [-0.15, -0.1) is 11.3 Å². The van der Waals surface area contributed by atoms with E-state index in [1.807, 2.05) is 11.7 Å². The first kappa shape index (κ1) is 43.4. The second-order valence-corrected chi connectivity index (χ2v) is 22.3. The summed E-state index contributed by atoms with van der Waals surface area (Å²) in [5.74, 6) is -0.563. The summed E-state index contributed by atoms with van der Waals surface area (Å²) < 4.78 is 6.19. The minimum atomic E-state index is -1.18. The molecule has 0 saturated heterocycles. The molecule has 4 N–H and O–H groups in total. The van der Waals surface area contributed by atoms with Gasteiger partial charge in [0.15, 0.2) is 5.78 Å². The van der Waals surface area contributed by atoms with Crippen molar-refractivity contribution < 1.29 is 29.3 Å². The van der Waals surface area contributed by atoms with Crippen LogP contribution in [-0.4, -0.2) is 94.2 Å². The lowest BCUT2D eigenvalue weighted by Crippen LogP contribution is -2.74. The molecule has 314 valence electrons. The van der Waals surface area contributed by atoms with Crippen LogP contribution in [-0.2, 0) is 25.7 Å². The van der Waals surface area contributed by atoms with E-state index < -0.39 is 34.4 Å². The topological polar surface area (TPSA) is 146 Å². The first-order chi connectivity index (χ1) is 25.9. The predicted molar refractivity (Wildman–Crippen MR) is 221 cm³/mol. The number of hydrogen-bond acceptors (Lipinski definition) is 10. The molecule has 6 rings (SSSR count). The van der Waals surface area contributed by atoms with Crippen LogP contribution in [0.25, 0.3) is 0 Å². The van der Waals surface area contributed by atoms with Gasteiger partial charge < -0.3 is 25.6 Å². The number of nitrogens with two attached hydrogens (primary N) is 1. The quantitative estimate of drug-likeness (QED) is 0.173. The fourth-order valence-corrected chi connectivity index (χ4v) is 14.2. The summed E-state index contributed by atoms with van der Waals surface area (Å²) in [7, 11) is 4.15. The second kappa shape index (κ2) is 14.8. The van der Waals surface area contributed by atoms with Crippen LogP contribution >= 0.6 is 11.3 Å². The fraction of sp³-hybridized carbons (Fsp3) is 0.822. The Morgan fingerprint density at radius 1 is 1.02 bits per heavy atom. The number of hydrogen-bond donors (Lipinski definition) is 3. The molecule has 0 spiro atoms. The van der Waals surface area contributed by atoms with Gasteiger partial charge in [-0.3, -0.25) is 24.3 Å². The van der Waals surface area contributed by atoms with Crippen molar-refractivity contribution in [2.24, 2.45) is 56.0 Å². The summed E-state index contributed by atoms with van der Waals surface area (Å²) in [5.41, 5.74) is 8.57. The number of ether oxygens (including phenoxy) is 1. The number of aliphatic hydroxyl groups is 1. The molecule has 5 aliphatic carbocycles. The van der Waals surface area contributed by atoms with Gasteiger partial charge in [0.05, 0.1) is 23.5 Å². The standard InChI is InChI=1S/C45H72N4O6S/c1-28(2)36-30(50)22-44(33(51)26-49(21-20-48(10)11)25-29-24-47-27-56-29)19-18-43(9)42(8)16-12-31-40(5,6)34(55-35(52)23-39(3,4)38(53)54)14-15-41(31,7)32(42)13-17-45(43,46)37(36)44/h24,27-28,31-34,51H,12-23,25-26,46H2,1-11H3,(H,53,54)/t31-,32+,33-,34-,41-,42+,43-,44-,45?/m0/s1. The number of aliphatic carboxylic acids is 1. The van der Waals surface area contributed by atoms with E-state index in [9.17, 15) is 24.6 Å². The lowest BCUT2D eigenvalue weighted by atomic mass is 9.31. The molecular weight excluding hydrogens is 725 g/mol. The van der Waals surface area contributed by atoms with Crippen LogP contribution in [0.1, 0.15) is 131 Å². The van der Waals surface area contributed by atoms with E-state index in [-0.39, 0.29) is 45.9 Å². The zero-order valence-electron chi connectivity index (χ0n) is 36.3. The average molecular weight is 797 g/mol. The van der Waals surface area contributed by atoms with Gasteiger partial charge in [-0.2, -0.15) is 0 Å². The monoisotopic (exact) mass is 797 g/mol. The summed E-state index contributed by atoms with van der Waals surface area (Å²) in [4.78, 5) is 49.3. The SMILES string of the molecule is CC(C)C1=C2C3(N)CC[C@@H]4[C@@]5(C)CC[C@H](OC(=O)CC(C)(C)C(=O)O)C(C)(C)[C@@H]5CC[C@@]4(C)[C@]3(C)CC[C@@]2([C@@H](O)CN(CCN(C)C)Cc2cncs2)CC1=O. The largest absolute Gasteiger partial charge is 0.481 e. The number of fused-ring (bicyclic) bond motifs is 7. The van der Waals surface area contributed by atoms with Crippen LogP contribution < -0.4 is 5.73 Å². The average Bonchev–Trinajstić information content (AvgIpc) is 3.72. The maximum atomic E-state index is 14.3. The Kier molecular flexibility index (Phi) is 11.5. The maximum Gasteiger partial charge on any atom is 0.309 e. The van der Waals surface area contributed by atoms with Crippen LogP contribution in [0.5, 0.6) is 0 Å². The molecule has 1 aromatic rings. The number of thiazole rings is 1. The number of carbonyl (C=O) groups excluding carboxylic acids is 2. The zero-order chi connectivity index (χ0) is 41.4. The van der Waals surface area contributed by atoms with Gasteiger partial charge in [0.2, 0.25) is 0 Å². The summed E-state index contributed by atoms with van der Waals surface area (Å²) in [5, 5.41) is 22.3. The third-order valence-electron chi connectivity index (χ3n) is 16.9. The number of nitrogens with zero attached hydrogens (tertiary/aromatic N) is 3. The smallest absolute Gasteiger partial charge is 0.309 e. The summed E-state index contributed by atoms with van der Waals surface area (Å²) in [6.45, 7) is 22.2. The van der Waals surface area contributed by atoms with E-state index in [1.54, 1.807) is 25.2 Å². The Bertz CT molecular complexity index is 1710. The van der Waals surface area contributed by atoms with Crippen LogP contribution in [0.3, 0.4) is 0 Å². The minimum Gasteiger partial charge on any atom is -0.481 e. The van der Waals surface area contributed by atoms with Crippen molar-refractivity contribution in [3.63, 3.8) is 0 Å². The Morgan fingerprint density at radius 3 is 2.30 bits per heavy atom. The first-order valence-electron chi connectivity index (χ1n) is 21.3. The van der Waals surface area contributed by atoms with Crippen LogP contribution in [0, 0.1) is 50.2 Å². The highest BCUT2D eigenvalue weighted by Gasteiger charge is 2.74. The number of carboxylic acid groups (broad SMARTS) is 1. The summed E-state index contributed by atoms with van der Waals surface area (Å²) in [6, 6.07) is 0. The molecule has 0 bridgehead atoms. The van der Waals surface area contributed by atoms with Crippen molar-refractivity contribution in [2.45, 2.75) is 151 Å². The molecule has 1 aromatic heterocycles. The lowest BCUT2D eigenvalue weighted by molar-refractivity contribution is -0.239. The third kappa shape index (κ3) is 6.75. The molecule has 1 unspecified atom stereocenters. The van der Waals surface area contributed by atoms with Gasteiger partial charge >= 0.3 is 11.9 Å². The Hall–Kier alpha value is -2.18. The maximum absolute atomic E-state index is 14.3. The highest BCUT2D eigenvalue weighted by Crippen LogP contribution is 2.77.